The number of nitrogens with zero attached hydrogens (tertiary/aromatic N) is 3. The monoisotopic (exact) mass is 305 g/mol. The lowest BCUT2D eigenvalue weighted by molar-refractivity contribution is 0.318. The van der Waals surface area contributed by atoms with Gasteiger partial charge in [0.2, 0.25) is 0 Å². The van der Waals surface area contributed by atoms with Gasteiger partial charge in [0.25, 0.3) is 5.56 Å². The number of aromatic amines is 1. The van der Waals surface area contributed by atoms with Crippen molar-refractivity contribution >= 4 is 17.6 Å². The van der Waals surface area contributed by atoms with Crippen molar-refractivity contribution in [3.63, 3.8) is 0 Å². The topological polar surface area (TPSA) is 117 Å². The van der Waals surface area contributed by atoms with Gasteiger partial charge in [-0.3, -0.25) is 9.78 Å². The summed E-state index contributed by atoms with van der Waals surface area (Å²) in [7, 11) is 0. The van der Waals surface area contributed by atoms with Crippen LogP contribution in [0.15, 0.2) is 44.5 Å². The number of hydrogen-bond acceptors (Lipinski definition) is 6. The Morgan fingerprint density at radius 1 is 1.57 bits per heavy atom. The number of amidine groups is 1. The number of nitrogens with one attached hydrogen (secondary N) is 1. The molecule has 0 aliphatic carbocycles. The van der Waals surface area contributed by atoms with Crippen LogP contribution in [0.25, 0.3) is 0 Å². The van der Waals surface area contributed by atoms with Crippen LogP contribution < -0.4 is 11.3 Å². The molecule has 2 aromatic heterocycles. The summed E-state index contributed by atoms with van der Waals surface area (Å²) in [5.41, 5.74) is 6.68. The lowest BCUT2D eigenvalue weighted by Crippen LogP contribution is -2.15. The van der Waals surface area contributed by atoms with Gasteiger partial charge in [0.15, 0.2) is 11.0 Å². The zero-order chi connectivity index (χ0) is 15.2. The van der Waals surface area contributed by atoms with Crippen molar-refractivity contribution in [3.05, 3.63) is 46.1 Å². The molecule has 4 N–H and O–H groups in total. The molecule has 0 saturated carbocycles. The molecule has 0 spiro atoms. The molecule has 0 radical (unpaired) electrons. The van der Waals surface area contributed by atoms with E-state index < -0.39 is 0 Å². The smallest absolute Gasteiger partial charge is 0.251 e. The van der Waals surface area contributed by atoms with Crippen molar-refractivity contribution in [3.8, 4) is 0 Å². The summed E-state index contributed by atoms with van der Waals surface area (Å²) < 4.78 is 0. The zero-order valence-corrected chi connectivity index (χ0v) is 12.2. The quantitative estimate of drug-likeness (QED) is 0.252. The average molecular weight is 305 g/mol. The van der Waals surface area contributed by atoms with Crippen molar-refractivity contribution in [1.82, 2.24) is 15.0 Å². The normalized spacial score (nSPS) is 11.6. The molecule has 0 aromatic carbocycles. The first-order valence-corrected chi connectivity index (χ1v) is 7.15. The van der Waals surface area contributed by atoms with E-state index in [1.165, 1.54) is 17.8 Å². The molecule has 110 valence electrons. The highest BCUT2D eigenvalue weighted by Gasteiger charge is 2.10. The number of aryl methyl sites for hydroxylation is 1. The van der Waals surface area contributed by atoms with Crippen molar-refractivity contribution in [1.29, 1.82) is 0 Å². The molecule has 0 atom stereocenters. The third-order valence-electron chi connectivity index (χ3n) is 2.65. The van der Waals surface area contributed by atoms with Gasteiger partial charge in [-0.25, -0.2) is 4.98 Å². The summed E-state index contributed by atoms with van der Waals surface area (Å²) in [5, 5.41) is 12.2. The molecular weight excluding hydrogens is 290 g/mol. The maximum atomic E-state index is 11.6. The number of oxime groups is 1. The van der Waals surface area contributed by atoms with E-state index >= 15 is 0 Å². The van der Waals surface area contributed by atoms with Crippen LogP contribution in [0.2, 0.25) is 0 Å². The molecule has 2 rings (SSSR count). The lowest BCUT2D eigenvalue weighted by Gasteiger charge is -2.07. The second-order valence-electron chi connectivity index (χ2n) is 4.25. The van der Waals surface area contributed by atoms with E-state index in [-0.39, 0.29) is 11.4 Å². The van der Waals surface area contributed by atoms with E-state index in [2.05, 4.69) is 20.1 Å². The number of hydrogen-bond donors (Lipinski definition) is 3. The molecule has 8 heteroatoms. The number of pyridine rings is 1. The highest BCUT2D eigenvalue weighted by atomic mass is 32.2. The van der Waals surface area contributed by atoms with Gasteiger partial charge in [-0.2, -0.15) is 0 Å². The minimum Gasteiger partial charge on any atom is -0.409 e. The van der Waals surface area contributed by atoms with Crippen LogP contribution in [0.3, 0.4) is 0 Å². The van der Waals surface area contributed by atoms with Crippen LogP contribution in [0.1, 0.15) is 24.6 Å². The van der Waals surface area contributed by atoms with Crippen LogP contribution in [-0.2, 0) is 6.42 Å². The summed E-state index contributed by atoms with van der Waals surface area (Å²) in [6, 6.07) is 3.12. The van der Waals surface area contributed by atoms with Crippen LogP contribution in [0.5, 0.6) is 0 Å². The summed E-state index contributed by atoms with van der Waals surface area (Å²) in [6.07, 6.45) is 4.76. The SMILES string of the molecule is CCCc1cc(=O)[nH]c(Sc2cnccc2/C(N)=N/O)n1. The second kappa shape index (κ2) is 6.89. The first-order valence-electron chi connectivity index (χ1n) is 6.34. The molecule has 0 saturated heterocycles. The van der Waals surface area contributed by atoms with Gasteiger partial charge in [0.05, 0.1) is 0 Å². The molecule has 2 aromatic rings. The molecule has 0 bridgehead atoms. The van der Waals surface area contributed by atoms with Gasteiger partial charge in [-0.05, 0) is 24.2 Å². The second-order valence-corrected chi connectivity index (χ2v) is 5.28. The fraction of sp³-hybridized carbons (Fsp3) is 0.231. The Morgan fingerprint density at radius 3 is 3.10 bits per heavy atom. The Balaban J connectivity index is 2.37. The van der Waals surface area contributed by atoms with Gasteiger partial charge >= 0.3 is 0 Å². The van der Waals surface area contributed by atoms with Crippen molar-refractivity contribution in [2.24, 2.45) is 10.9 Å². The highest BCUT2D eigenvalue weighted by Crippen LogP contribution is 2.26. The van der Waals surface area contributed by atoms with Crippen LogP contribution in [0.4, 0.5) is 0 Å². The molecule has 0 unspecified atom stereocenters. The van der Waals surface area contributed by atoms with Gasteiger partial charge in [0.1, 0.15) is 0 Å². The maximum absolute atomic E-state index is 11.6. The number of rotatable bonds is 5. The minimum absolute atomic E-state index is 0.0213. The van der Waals surface area contributed by atoms with E-state index in [0.29, 0.717) is 15.6 Å². The molecule has 2 heterocycles. The van der Waals surface area contributed by atoms with Crippen molar-refractivity contribution in [2.45, 2.75) is 29.8 Å². The standard InChI is InChI=1S/C13H15N5O2S/c1-2-3-8-6-11(19)17-13(16-8)21-10-7-15-5-4-9(10)12(14)18-20/h4-7,20H,2-3H2,1H3,(H2,14,18)(H,16,17,19). The van der Waals surface area contributed by atoms with Gasteiger partial charge in [-0.1, -0.05) is 18.5 Å². The average Bonchev–Trinajstić information content (AvgIpc) is 2.47. The Bertz CT molecular complexity index is 714. The lowest BCUT2D eigenvalue weighted by atomic mass is 10.2. The van der Waals surface area contributed by atoms with Crippen LogP contribution >= 0.6 is 11.8 Å². The van der Waals surface area contributed by atoms with Crippen molar-refractivity contribution < 1.29 is 5.21 Å². The molecule has 21 heavy (non-hydrogen) atoms. The molecule has 0 aliphatic heterocycles. The number of aromatic nitrogens is 3. The first kappa shape index (κ1) is 15.0. The molecule has 0 amide bonds. The fourth-order valence-electron chi connectivity index (χ4n) is 1.75. The maximum Gasteiger partial charge on any atom is 0.251 e. The van der Waals surface area contributed by atoms with E-state index in [1.807, 2.05) is 6.92 Å². The zero-order valence-electron chi connectivity index (χ0n) is 11.4. The largest absolute Gasteiger partial charge is 0.409 e. The molecule has 0 fully saturated rings. The van der Waals surface area contributed by atoms with Gasteiger partial charge in [0, 0.05) is 34.6 Å². The summed E-state index contributed by atoms with van der Waals surface area (Å²) in [5.74, 6) is -0.0213. The van der Waals surface area contributed by atoms with Gasteiger partial charge in [-0.15, -0.1) is 0 Å². The third-order valence-corrected chi connectivity index (χ3v) is 3.59. The van der Waals surface area contributed by atoms with E-state index in [9.17, 15) is 4.79 Å². The Morgan fingerprint density at radius 2 is 2.38 bits per heavy atom. The van der Waals surface area contributed by atoms with Crippen LogP contribution in [0, 0.1) is 0 Å². The van der Waals surface area contributed by atoms with Crippen LogP contribution in [-0.4, -0.2) is 26.0 Å². The highest BCUT2D eigenvalue weighted by molar-refractivity contribution is 7.99. The van der Waals surface area contributed by atoms with Gasteiger partial charge < -0.3 is 15.9 Å². The summed E-state index contributed by atoms with van der Waals surface area (Å²) in [6.45, 7) is 2.02. The van der Waals surface area contributed by atoms with Crippen molar-refractivity contribution in [2.75, 3.05) is 0 Å². The van der Waals surface area contributed by atoms with E-state index in [1.54, 1.807) is 18.5 Å². The molecule has 7 nitrogen and oxygen atoms in total. The first-order chi connectivity index (χ1) is 10.1. The molecule has 0 aliphatic rings. The predicted octanol–water partition coefficient (Wildman–Crippen LogP) is 1.36. The van der Waals surface area contributed by atoms with E-state index in [0.717, 1.165) is 18.5 Å². The molecular formula is C13H15N5O2S. The summed E-state index contributed by atoms with van der Waals surface area (Å²) >= 11 is 1.21. The van der Waals surface area contributed by atoms with E-state index in [4.69, 9.17) is 10.9 Å². The Kier molecular flexibility index (Phi) is 4.94. The predicted molar refractivity (Wildman–Crippen MR) is 79.7 cm³/mol. The third kappa shape index (κ3) is 3.82. The Hall–Kier alpha value is -2.35. The Labute approximate surface area is 125 Å². The minimum atomic E-state index is -0.204. The summed E-state index contributed by atoms with van der Waals surface area (Å²) in [4.78, 5) is 23.3. The fourth-order valence-corrected chi connectivity index (χ4v) is 2.67. The number of nitrogens with two attached hydrogens (primary N) is 1. The number of H-pyrrole nitrogens is 1.